The van der Waals surface area contributed by atoms with Crippen LogP contribution >= 0.6 is 0 Å². The number of carbonyl (C=O) groups excluding carboxylic acids is 1. The Kier molecular flexibility index (Phi) is 1.77. The summed E-state index contributed by atoms with van der Waals surface area (Å²) in [7, 11) is 0. The zero-order chi connectivity index (χ0) is 10.3. The quantitative estimate of drug-likeness (QED) is 0.691. The van der Waals surface area contributed by atoms with Crippen LogP contribution in [0, 0.1) is 0 Å². The number of benzene rings is 1. The van der Waals surface area contributed by atoms with Gasteiger partial charge in [0.2, 0.25) is 0 Å². The normalized spacial score (nSPS) is 17.3. The highest BCUT2D eigenvalue weighted by molar-refractivity contribution is 5.80. The van der Waals surface area contributed by atoms with Crippen LogP contribution in [0.25, 0.3) is 0 Å². The number of rotatable bonds is 1. The van der Waals surface area contributed by atoms with Crippen molar-refractivity contribution in [2.75, 3.05) is 6.61 Å². The summed E-state index contributed by atoms with van der Waals surface area (Å²) in [6, 6.07) is 3.21. The van der Waals surface area contributed by atoms with E-state index in [0.717, 1.165) is 5.56 Å². The lowest BCUT2D eigenvalue weighted by Crippen LogP contribution is -2.18. The molecule has 0 unspecified atom stereocenters. The van der Waals surface area contributed by atoms with Gasteiger partial charge >= 0.3 is 0 Å². The lowest BCUT2D eigenvalue weighted by atomic mass is 9.86. The maximum absolute atomic E-state index is 10.6. The third-order valence-corrected chi connectivity index (χ3v) is 2.57. The maximum atomic E-state index is 10.6. The number of aromatic hydroxyl groups is 1. The van der Waals surface area contributed by atoms with Crippen molar-refractivity contribution in [3.05, 3.63) is 23.3 Å². The molecule has 1 aliphatic heterocycles. The largest absolute Gasteiger partial charge is 0.507 e. The van der Waals surface area contributed by atoms with E-state index in [1.807, 2.05) is 13.8 Å². The fourth-order valence-corrected chi connectivity index (χ4v) is 1.66. The number of aldehydes is 1. The van der Waals surface area contributed by atoms with Gasteiger partial charge in [-0.05, 0) is 6.07 Å². The summed E-state index contributed by atoms with van der Waals surface area (Å²) in [5.74, 6) is 0.662. The van der Waals surface area contributed by atoms with Gasteiger partial charge in [0.1, 0.15) is 11.5 Å². The molecule has 0 radical (unpaired) electrons. The number of hydrogen-bond donors (Lipinski definition) is 1. The zero-order valence-corrected chi connectivity index (χ0v) is 8.20. The molecule has 1 aromatic rings. The fourth-order valence-electron chi connectivity index (χ4n) is 1.66. The van der Waals surface area contributed by atoms with Gasteiger partial charge in [0.25, 0.3) is 0 Å². The summed E-state index contributed by atoms with van der Waals surface area (Å²) in [5, 5.41) is 9.43. The van der Waals surface area contributed by atoms with Gasteiger partial charge in [-0.2, -0.15) is 0 Å². The van der Waals surface area contributed by atoms with E-state index in [-0.39, 0.29) is 11.2 Å². The van der Waals surface area contributed by atoms with E-state index < -0.39 is 0 Å². The number of fused-ring (bicyclic) bond motifs is 1. The van der Waals surface area contributed by atoms with Crippen LogP contribution in [0.4, 0.5) is 0 Å². The lowest BCUT2D eigenvalue weighted by molar-refractivity contribution is 0.112. The second kappa shape index (κ2) is 2.74. The second-order valence-corrected chi connectivity index (χ2v) is 4.20. The van der Waals surface area contributed by atoms with Gasteiger partial charge in [-0.15, -0.1) is 0 Å². The minimum absolute atomic E-state index is 0.0172. The first-order valence-electron chi connectivity index (χ1n) is 4.50. The molecule has 0 amide bonds. The number of phenols is 1. The molecule has 1 aromatic carbocycles. The molecule has 0 aromatic heterocycles. The Morgan fingerprint density at radius 1 is 1.50 bits per heavy atom. The summed E-state index contributed by atoms with van der Waals surface area (Å²) >= 11 is 0. The van der Waals surface area contributed by atoms with E-state index in [1.54, 1.807) is 6.07 Å². The van der Waals surface area contributed by atoms with Crippen LogP contribution in [0.2, 0.25) is 0 Å². The highest BCUT2D eigenvalue weighted by atomic mass is 16.5. The molecule has 1 aliphatic rings. The highest BCUT2D eigenvalue weighted by Gasteiger charge is 2.32. The Morgan fingerprint density at radius 3 is 2.86 bits per heavy atom. The highest BCUT2D eigenvalue weighted by Crippen LogP contribution is 2.41. The first kappa shape index (κ1) is 9.06. The van der Waals surface area contributed by atoms with E-state index in [9.17, 15) is 9.90 Å². The Balaban J connectivity index is 2.62. The number of ether oxygens (including phenoxy) is 1. The molecule has 1 heterocycles. The van der Waals surface area contributed by atoms with Gasteiger partial charge in [0.15, 0.2) is 6.29 Å². The Labute approximate surface area is 82.3 Å². The van der Waals surface area contributed by atoms with Gasteiger partial charge in [-0.3, -0.25) is 4.79 Å². The molecule has 74 valence electrons. The molecule has 1 N–H and O–H groups in total. The van der Waals surface area contributed by atoms with E-state index >= 15 is 0 Å². The molecule has 0 saturated carbocycles. The summed E-state index contributed by atoms with van der Waals surface area (Å²) < 4.78 is 5.42. The summed E-state index contributed by atoms with van der Waals surface area (Å²) in [6.45, 7) is 4.68. The van der Waals surface area contributed by atoms with Crippen molar-refractivity contribution in [2.45, 2.75) is 19.3 Å². The predicted molar refractivity (Wildman–Crippen MR) is 52.0 cm³/mol. The molecule has 3 heteroatoms. The fraction of sp³-hybridized carbons (Fsp3) is 0.364. The first-order chi connectivity index (χ1) is 6.54. The Bertz CT molecular complexity index is 394. The smallest absolute Gasteiger partial charge is 0.153 e. The monoisotopic (exact) mass is 192 g/mol. The molecule has 3 nitrogen and oxygen atoms in total. The third-order valence-electron chi connectivity index (χ3n) is 2.57. The predicted octanol–water partition coefficient (Wildman–Crippen LogP) is 1.87. The SMILES string of the molecule is CC1(C)COc2cc(O)c(C=O)cc21. The van der Waals surface area contributed by atoms with Crippen LogP contribution in [0.1, 0.15) is 29.8 Å². The Hall–Kier alpha value is -1.51. The lowest BCUT2D eigenvalue weighted by Gasteiger charge is -2.15. The first-order valence-corrected chi connectivity index (χ1v) is 4.50. The topological polar surface area (TPSA) is 46.5 Å². The molecule has 0 aliphatic carbocycles. The van der Waals surface area contributed by atoms with Crippen molar-refractivity contribution >= 4 is 6.29 Å². The van der Waals surface area contributed by atoms with Crippen molar-refractivity contribution in [1.82, 2.24) is 0 Å². The van der Waals surface area contributed by atoms with Crippen molar-refractivity contribution in [2.24, 2.45) is 0 Å². The van der Waals surface area contributed by atoms with Gasteiger partial charge in [-0.25, -0.2) is 0 Å². The molecule has 0 bridgehead atoms. The van der Waals surface area contributed by atoms with Crippen molar-refractivity contribution in [3.8, 4) is 11.5 Å². The summed E-state index contributed by atoms with van der Waals surface area (Å²) in [6.07, 6.45) is 0.657. The Morgan fingerprint density at radius 2 is 2.21 bits per heavy atom. The van der Waals surface area contributed by atoms with E-state index in [2.05, 4.69) is 0 Å². The van der Waals surface area contributed by atoms with Crippen LogP contribution in [0.5, 0.6) is 11.5 Å². The molecule has 0 fully saturated rings. The minimum Gasteiger partial charge on any atom is -0.507 e. The van der Waals surface area contributed by atoms with Crippen molar-refractivity contribution in [1.29, 1.82) is 0 Å². The standard InChI is InChI=1S/C11H12O3/c1-11(2)6-14-10-4-9(13)7(5-12)3-8(10)11/h3-5,13H,6H2,1-2H3. The molecule has 0 atom stereocenters. The number of carbonyl (C=O) groups is 1. The van der Waals surface area contributed by atoms with Gasteiger partial charge in [-0.1, -0.05) is 13.8 Å². The van der Waals surface area contributed by atoms with E-state index in [1.165, 1.54) is 6.07 Å². The average molecular weight is 192 g/mol. The van der Waals surface area contributed by atoms with Crippen LogP contribution in [0.3, 0.4) is 0 Å². The zero-order valence-electron chi connectivity index (χ0n) is 8.20. The number of phenolic OH excluding ortho intramolecular Hbond substituents is 1. The molecule has 0 saturated heterocycles. The van der Waals surface area contributed by atoms with Crippen molar-refractivity contribution < 1.29 is 14.6 Å². The average Bonchev–Trinajstić information content (AvgIpc) is 2.41. The van der Waals surface area contributed by atoms with E-state index in [0.29, 0.717) is 24.2 Å². The molecule has 0 spiro atoms. The van der Waals surface area contributed by atoms with Crippen LogP contribution in [-0.2, 0) is 5.41 Å². The summed E-state index contributed by atoms with van der Waals surface area (Å²) in [5.41, 5.74) is 1.22. The second-order valence-electron chi connectivity index (χ2n) is 4.20. The van der Waals surface area contributed by atoms with Gasteiger partial charge in [0.05, 0.1) is 12.2 Å². The molecular weight excluding hydrogens is 180 g/mol. The summed E-state index contributed by atoms with van der Waals surface area (Å²) in [4.78, 5) is 10.6. The van der Waals surface area contributed by atoms with Crippen molar-refractivity contribution in [3.63, 3.8) is 0 Å². The van der Waals surface area contributed by atoms with Crippen LogP contribution in [0.15, 0.2) is 12.1 Å². The van der Waals surface area contributed by atoms with Crippen LogP contribution in [-0.4, -0.2) is 18.0 Å². The van der Waals surface area contributed by atoms with Gasteiger partial charge in [0, 0.05) is 17.0 Å². The molecule has 2 rings (SSSR count). The number of hydrogen-bond acceptors (Lipinski definition) is 3. The maximum Gasteiger partial charge on any atom is 0.153 e. The molecular formula is C11H12O3. The van der Waals surface area contributed by atoms with Gasteiger partial charge < -0.3 is 9.84 Å². The third kappa shape index (κ3) is 1.16. The van der Waals surface area contributed by atoms with E-state index in [4.69, 9.17) is 4.74 Å². The molecule has 14 heavy (non-hydrogen) atoms. The van der Waals surface area contributed by atoms with Crippen LogP contribution < -0.4 is 4.74 Å². The minimum atomic E-state index is -0.0825.